The third kappa shape index (κ3) is 2.33. The smallest absolute Gasteiger partial charge is 0.127 e. The molecule has 0 amide bonds. The number of nitrogens with two attached hydrogens (primary N) is 1. The zero-order valence-electron chi connectivity index (χ0n) is 9.91. The van der Waals surface area contributed by atoms with Gasteiger partial charge in [0.25, 0.3) is 0 Å². The molecule has 18 heavy (non-hydrogen) atoms. The van der Waals surface area contributed by atoms with Crippen LogP contribution in [0.2, 0.25) is 0 Å². The number of rotatable bonds is 3. The van der Waals surface area contributed by atoms with Crippen LogP contribution in [-0.2, 0) is 6.54 Å². The zero-order valence-corrected chi connectivity index (χ0v) is 9.91. The second-order valence-electron chi connectivity index (χ2n) is 3.85. The van der Waals surface area contributed by atoms with E-state index >= 15 is 0 Å². The van der Waals surface area contributed by atoms with Crippen molar-refractivity contribution >= 4 is 0 Å². The number of ether oxygens (including phenoxy) is 1. The molecule has 2 aromatic rings. The third-order valence-electron chi connectivity index (χ3n) is 2.74. The maximum absolute atomic E-state index is 13.4. The molecule has 0 heterocycles. The van der Waals surface area contributed by atoms with Crippen LogP contribution in [0.25, 0.3) is 11.1 Å². The van der Waals surface area contributed by atoms with Gasteiger partial charge in [0.2, 0.25) is 0 Å². The Balaban J connectivity index is 2.57. The predicted molar refractivity (Wildman–Crippen MR) is 66.2 cm³/mol. The van der Waals surface area contributed by atoms with Crippen LogP contribution in [-0.4, -0.2) is 7.11 Å². The summed E-state index contributed by atoms with van der Waals surface area (Å²) in [6, 6.07) is 8.71. The summed E-state index contributed by atoms with van der Waals surface area (Å²) < 4.78 is 31.8. The Morgan fingerprint density at radius 3 is 2.56 bits per heavy atom. The van der Waals surface area contributed by atoms with Gasteiger partial charge in [-0.15, -0.1) is 0 Å². The molecule has 2 nitrogen and oxygen atoms in total. The average Bonchev–Trinajstić information content (AvgIpc) is 2.39. The summed E-state index contributed by atoms with van der Waals surface area (Å²) in [4.78, 5) is 0. The highest BCUT2D eigenvalue weighted by Gasteiger charge is 2.09. The largest absolute Gasteiger partial charge is 0.496 e. The predicted octanol–water partition coefficient (Wildman–Crippen LogP) is 3.10. The van der Waals surface area contributed by atoms with Crippen molar-refractivity contribution in [1.29, 1.82) is 0 Å². The van der Waals surface area contributed by atoms with Gasteiger partial charge in [-0.25, -0.2) is 8.78 Å². The van der Waals surface area contributed by atoms with E-state index in [1.54, 1.807) is 12.1 Å². The summed E-state index contributed by atoms with van der Waals surface area (Å²) in [5, 5.41) is 0. The highest BCUT2D eigenvalue weighted by molar-refractivity contribution is 5.71. The van der Waals surface area contributed by atoms with Crippen LogP contribution in [0.4, 0.5) is 8.78 Å². The second-order valence-corrected chi connectivity index (χ2v) is 3.85. The van der Waals surface area contributed by atoms with Crippen LogP contribution >= 0.6 is 0 Å². The minimum atomic E-state index is -0.371. The topological polar surface area (TPSA) is 35.2 Å². The van der Waals surface area contributed by atoms with Gasteiger partial charge in [-0.2, -0.15) is 0 Å². The Bertz CT molecular complexity index is 570. The van der Waals surface area contributed by atoms with Crippen molar-refractivity contribution in [3.63, 3.8) is 0 Å². The fourth-order valence-corrected chi connectivity index (χ4v) is 1.80. The van der Waals surface area contributed by atoms with E-state index in [9.17, 15) is 8.78 Å². The van der Waals surface area contributed by atoms with Crippen molar-refractivity contribution < 1.29 is 13.5 Å². The highest BCUT2D eigenvalue weighted by atomic mass is 19.1. The van der Waals surface area contributed by atoms with E-state index in [1.807, 2.05) is 0 Å². The first-order valence-electron chi connectivity index (χ1n) is 5.48. The van der Waals surface area contributed by atoms with E-state index < -0.39 is 0 Å². The molecule has 0 aliphatic heterocycles. The highest BCUT2D eigenvalue weighted by Crippen LogP contribution is 2.31. The Hall–Kier alpha value is -1.94. The lowest BCUT2D eigenvalue weighted by Gasteiger charge is -2.10. The van der Waals surface area contributed by atoms with Crippen molar-refractivity contribution in [3.05, 3.63) is 53.6 Å². The van der Waals surface area contributed by atoms with Crippen LogP contribution in [0.3, 0.4) is 0 Å². The second kappa shape index (κ2) is 5.14. The zero-order chi connectivity index (χ0) is 13.1. The van der Waals surface area contributed by atoms with Crippen LogP contribution in [0.1, 0.15) is 5.56 Å². The number of methoxy groups -OCH3 is 1. The van der Waals surface area contributed by atoms with E-state index in [-0.39, 0.29) is 18.2 Å². The quantitative estimate of drug-likeness (QED) is 0.907. The summed E-state index contributed by atoms with van der Waals surface area (Å²) >= 11 is 0. The van der Waals surface area contributed by atoms with Gasteiger partial charge in [0.15, 0.2) is 0 Å². The van der Waals surface area contributed by atoms with Gasteiger partial charge >= 0.3 is 0 Å². The third-order valence-corrected chi connectivity index (χ3v) is 2.74. The lowest BCUT2D eigenvalue weighted by Crippen LogP contribution is -2.00. The Kier molecular flexibility index (Phi) is 3.58. The number of hydrogen-bond acceptors (Lipinski definition) is 2. The molecule has 0 saturated heterocycles. The molecule has 0 bridgehead atoms. The fraction of sp³-hybridized carbons (Fsp3) is 0.143. The van der Waals surface area contributed by atoms with Gasteiger partial charge in [0.1, 0.15) is 17.4 Å². The van der Waals surface area contributed by atoms with Crippen LogP contribution in [0.15, 0.2) is 36.4 Å². The summed E-state index contributed by atoms with van der Waals surface area (Å²) in [5.74, 6) is -0.202. The maximum Gasteiger partial charge on any atom is 0.127 e. The van der Waals surface area contributed by atoms with Crippen molar-refractivity contribution in [3.8, 4) is 16.9 Å². The van der Waals surface area contributed by atoms with E-state index in [0.29, 0.717) is 22.4 Å². The van der Waals surface area contributed by atoms with Gasteiger partial charge < -0.3 is 10.5 Å². The van der Waals surface area contributed by atoms with Gasteiger partial charge in [-0.05, 0) is 35.9 Å². The minimum absolute atomic E-state index is 0.0945. The summed E-state index contributed by atoms with van der Waals surface area (Å²) in [7, 11) is 1.50. The molecule has 0 atom stereocenters. The molecular formula is C14H13F2NO. The molecule has 0 saturated carbocycles. The Morgan fingerprint density at radius 1 is 1.11 bits per heavy atom. The molecule has 0 aliphatic carbocycles. The molecule has 0 aromatic heterocycles. The minimum Gasteiger partial charge on any atom is -0.496 e. The first-order valence-corrected chi connectivity index (χ1v) is 5.48. The molecule has 0 unspecified atom stereocenters. The normalized spacial score (nSPS) is 10.4. The molecule has 4 heteroatoms. The molecule has 94 valence electrons. The molecule has 0 spiro atoms. The monoisotopic (exact) mass is 249 g/mol. The lowest BCUT2D eigenvalue weighted by atomic mass is 10.0. The van der Waals surface area contributed by atoms with E-state index in [4.69, 9.17) is 10.5 Å². The standard InChI is InChI=1S/C14H13F2NO/c1-18-14-5-3-11(15)7-12(14)9-2-4-13(16)10(6-9)8-17/h2-7H,8,17H2,1H3. The molecule has 2 aromatic carbocycles. The van der Waals surface area contributed by atoms with Crippen LogP contribution in [0.5, 0.6) is 5.75 Å². The molecule has 0 fully saturated rings. The van der Waals surface area contributed by atoms with E-state index in [1.165, 1.54) is 31.4 Å². The van der Waals surface area contributed by atoms with Gasteiger partial charge in [0, 0.05) is 17.7 Å². The first-order chi connectivity index (χ1) is 8.65. The number of halogens is 2. The summed E-state index contributed by atoms with van der Waals surface area (Å²) in [6.07, 6.45) is 0. The molecule has 2 N–H and O–H groups in total. The SMILES string of the molecule is COc1ccc(F)cc1-c1ccc(F)c(CN)c1. The van der Waals surface area contributed by atoms with Gasteiger partial charge in [-0.1, -0.05) is 6.07 Å². The fourth-order valence-electron chi connectivity index (χ4n) is 1.80. The maximum atomic E-state index is 13.4. The molecule has 2 rings (SSSR count). The van der Waals surface area contributed by atoms with Crippen LogP contribution < -0.4 is 10.5 Å². The Labute approximate surface area is 104 Å². The average molecular weight is 249 g/mol. The van der Waals surface area contributed by atoms with Gasteiger partial charge in [-0.3, -0.25) is 0 Å². The first kappa shape index (κ1) is 12.5. The molecule has 0 aliphatic rings. The molecular weight excluding hydrogens is 236 g/mol. The van der Waals surface area contributed by atoms with Crippen molar-refractivity contribution in [2.24, 2.45) is 5.73 Å². The van der Waals surface area contributed by atoms with Crippen molar-refractivity contribution in [1.82, 2.24) is 0 Å². The number of hydrogen-bond donors (Lipinski definition) is 1. The van der Waals surface area contributed by atoms with Crippen molar-refractivity contribution in [2.75, 3.05) is 7.11 Å². The van der Waals surface area contributed by atoms with Crippen LogP contribution in [0, 0.1) is 11.6 Å². The van der Waals surface area contributed by atoms with Crippen molar-refractivity contribution in [2.45, 2.75) is 6.54 Å². The van der Waals surface area contributed by atoms with E-state index in [0.717, 1.165) is 0 Å². The van der Waals surface area contributed by atoms with E-state index in [2.05, 4.69) is 0 Å². The van der Waals surface area contributed by atoms with Gasteiger partial charge in [0.05, 0.1) is 7.11 Å². The summed E-state index contributed by atoms with van der Waals surface area (Å²) in [5.41, 5.74) is 7.09. The number of benzene rings is 2. The lowest BCUT2D eigenvalue weighted by molar-refractivity contribution is 0.415. The summed E-state index contributed by atoms with van der Waals surface area (Å²) in [6.45, 7) is 0.0945. The molecule has 0 radical (unpaired) electrons. The Morgan fingerprint density at radius 2 is 1.89 bits per heavy atom.